The van der Waals surface area contributed by atoms with Gasteiger partial charge in [0, 0.05) is 12.2 Å². The Morgan fingerprint density at radius 2 is 1.62 bits per heavy atom. The van der Waals surface area contributed by atoms with Crippen LogP contribution in [0.3, 0.4) is 0 Å². The summed E-state index contributed by atoms with van der Waals surface area (Å²) < 4.78 is 32.4. The number of rotatable bonds is 16. The molecule has 0 aliphatic carbocycles. The second-order valence-electron chi connectivity index (χ2n) is 7.51. The Labute approximate surface area is 195 Å². The van der Waals surface area contributed by atoms with Crippen molar-refractivity contribution in [3.05, 3.63) is 29.3 Å². The molecule has 0 aliphatic rings. The van der Waals surface area contributed by atoms with Crippen LogP contribution in [0.4, 0.5) is 10.8 Å². The summed E-state index contributed by atoms with van der Waals surface area (Å²) in [6.45, 7) is 5.09. The zero-order chi connectivity index (χ0) is 23.2. The standard InChI is InChI=1S/C22H34N4O4S2/c1-3-5-6-7-8-9-10-11-16-23-18-12-14-19(15-13-18)32(28,29)26-22-25-24-20(31-22)17-21(27)30-4-2/h12-15,23H,3-11,16-17H2,1-2H3,(H,25,26). The van der Waals surface area contributed by atoms with Crippen molar-refractivity contribution in [2.75, 3.05) is 23.2 Å². The van der Waals surface area contributed by atoms with Crippen LogP contribution in [0.25, 0.3) is 0 Å². The molecule has 0 saturated carbocycles. The Morgan fingerprint density at radius 3 is 2.28 bits per heavy atom. The molecule has 0 amide bonds. The van der Waals surface area contributed by atoms with Crippen LogP contribution >= 0.6 is 11.3 Å². The molecular weight excluding hydrogens is 448 g/mol. The van der Waals surface area contributed by atoms with E-state index in [0.717, 1.165) is 30.0 Å². The normalized spacial score (nSPS) is 11.3. The van der Waals surface area contributed by atoms with Crippen LogP contribution in [0.2, 0.25) is 0 Å². The molecule has 1 heterocycles. The van der Waals surface area contributed by atoms with Crippen molar-refractivity contribution >= 4 is 38.1 Å². The van der Waals surface area contributed by atoms with Crippen LogP contribution < -0.4 is 10.0 Å². The molecule has 0 bridgehead atoms. The maximum absolute atomic E-state index is 12.6. The molecule has 8 nitrogen and oxygen atoms in total. The topological polar surface area (TPSA) is 110 Å². The first-order valence-electron chi connectivity index (χ1n) is 11.3. The van der Waals surface area contributed by atoms with Crippen molar-refractivity contribution < 1.29 is 17.9 Å². The van der Waals surface area contributed by atoms with Gasteiger partial charge in [0.25, 0.3) is 10.0 Å². The highest BCUT2D eigenvalue weighted by atomic mass is 32.2. The quantitative estimate of drug-likeness (QED) is 0.256. The highest BCUT2D eigenvalue weighted by Crippen LogP contribution is 2.21. The first kappa shape index (κ1) is 26.1. The molecule has 2 aromatic rings. The van der Waals surface area contributed by atoms with Crippen LogP contribution in [0.5, 0.6) is 0 Å². The predicted octanol–water partition coefficient (Wildman–Crippen LogP) is 5.00. The molecular formula is C22H34N4O4S2. The maximum Gasteiger partial charge on any atom is 0.312 e. The average molecular weight is 483 g/mol. The number of ether oxygens (including phenoxy) is 1. The minimum absolute atomic E-state index is 0.0353. The molecule has 0 unspecified atom stereocenters. The van der Waals surface area contributed by atoms with E-state index in [2.05, 4.69) is 27.2 Å². The maximum atomic E-state index is 12.6. The van der Waals surface area contributed by atoms with Crippen LogP contribution in [0.1, 0.15) is 70.2 Å². The molecule has 0 aliphatic heterocycles. The van der Waals surface area contributed by atoms with Gasteiger partial charge in [-0.3, -0.25) is 9.52 Å². The summed E-state index contributed by atoms with van der Waals surface area (Å²) in [5.74, 6) is -0.423. The molecule has 0 atom stereocenters. The van der Waals surface area contributed by atoms with Crippen LogP contribution in [-0.4, -0.2) is 37.7 Å². The van der Waals surface area contributed by atoms with E-state index in [4.69, 9.17) is 4.74 Å². The van der Waals surface area contributed by atoms with Gasteiger partial charge in [-0.25, -0.2) is 8.42 Å². The molecule has 2 N–H and O–H groups in total. The molecule has 2 rings (SSSR count). The van der Waals surface area contributed by atoms with E-state index < -0.39 is 16.0 Å². The summed E-state index contributed by atoms with van der Waals surface area (Å²) in [5.41, 5.74) is 0.888. The molecule has 0 fully saturated rings. The van der Waals surface area contributed by atoms with Crippen molar-refractivity contribution in [2.45, 2.75) is 76.5 Å². The minimum Gasteiger partial charge on any atom is -0.466 e. The first-order chi connectivity index (χ1) is 15.4. The lowest BCUT2D eigenvalue weighted by molar-refractivity contribution is -0.142. The predicted molar refractivity (Wildman–Crippen MR) is 129 cm³/mol. The van der Waals surface area contributed by atoms with Crippen LogP contribution in [-0.2, 0) is 26.0 Å². The fraction of sp³-hybridized carbons (Fsp3) is 0.591. The Morgan fingerprint density at radius 1 is 0.969 bits per heavy atom. The summed E-state index contributed by atoms with van der Waals surface area (Å²) in [6, 6.07) is 6.62. The van der Waals surface area contributed by atoms with E-state index in [0.29, 0.717) is 5.01 Å². The lowest BCUT2D eigenvalue weighted by atomic mass is 10.1. The van der Waals surface area contributed by atoms with Crippen LogP contribution in [0.15, 0.2) is 29.2 Å². The highest BCUT2D eigenvalue weighted by Gasteiger charge is 2.18. The number of benzene rings is 1. The van der Waals surface area contributed by atoms with E-state index in [1.165, 1.54) is 44.9 Å². The Kier molecular flexibility index (Phi) is 11.4. The first-order valence-corrected chi connectivity index (χ1v) is 13.6. The second-order valence-corrected chi connectivity index (χ2v) is 10.3. The van der Waals surface area contributed by atoms with Crippen molar-refractivity contribution in [2.24, 2.45) is 0 Å². The third-order valence-electron chi connectivity index (χ3n) is 4.81. The van der Waals surface area contributed by atoms with E-state index in [1.54, 1.807) is 31.2 Å². The Balaban J connectivity index is 1.75. The number of unbranched alkanes of at least 4 members (excludes halogenated alkanes) is 7. The molecule has 0 saturated heterocycles. The van der Waals surface area contributed by atoms with E-state index in [1.807, 2.05) is 0 Å². The number of aromatic nitrogens is 2. The number of sulfonamides is 1. The van der Waals surface area contributed by atoms with E-state index >= 15 is 0 Å². The largest absolute Gasteiger partial charge is 0.466 e. The zero-order valence-electron chi connectivity index (χ0n) is 18.9. The fourth-order valence-corrected chi connectivity index (χ4v) is 5.07. The van der Waals surface area contributed by atoms with Gasteiger partial charge in [0.05, 0.1) is 17.9 Å². The molecule has 0 radical (unpaired) electrons. The van der Waals surface area contributed by atoms with Crippen LogP contribution in [0, 0.1) is 0 Å². The number of carbonyl (C=O) groups is 1. The van der Waals surface area contributed by atoms with Gasteiger partial charge < -0.3 is 10.1 Å². The molecule has 0 spiro atoms. The van der Waals surface area contributed by atoms with Gasteiger partial charge >= 0.3 is 5.97 Å². The van der Waals surface area contributed by atoms with E-state index in [-0.39, 0.29) is 23.1 Å². The van der Waals surface area contributed by atoms with Gasteiger partial charge in [-0.05, 0) is 37.6 Å². The number of nitrogens with one attached hydrogen (secondary N) is 2. The lowest BCUT2D eigenvalue weighted by Gasteiger charge is -2.08. The number of esters is 1. The fourth-order valence-electron chi connectivity index (χ4n) is 3.12. The summed E-state index contributed by atoms with van der Waals surface area (Å²) in [6.07, 6.45) is 10.1. The molecule has 1 aromatic heterocycles. The number of carbonyl (C=O) groups excluding carboxylic acids is 1. The third-order valence-corrected chi connectivity index (χ3v) is 7.14. The van der Waals surface area contributed by atoms with Crippen molar-refractivity contribution in [1.82, 2.24) is 10.2 Å². The van der Waals surface area contributed by atoms with Gasteiger partial charge in [-0.2, -0.15) is 0 Å². The van der Waals surface area contributed by atoms with Gasteiger partial charge in [0.1, 0.15) is 5.01 Å². The molecule has 1 aromatic carbocycles. The second kappa shape index (κ2) is 14.1. The third kappa shape index (κ3) is 9.52. The zero-order valence-corrected chi connectivity index (χ0v) is 20.6. The minimum atomic E-state index is -3.78. The SMILES string of the molecule is CCCCCCCCCCNc1ccc(S(=O)(=O)Nc2nnc(CC(=O)OCC)s2)cc1. The van der Waals surface area contributed by atoms with Crippen molar-refractivity contribution in [1.29, 1.82) is 0 Å². The lowest BCUT2D eigenvalue weighted by Crippen LogP contribution is -2.13. The Hall–Kier alpha value is -2.20. The van der Waals surface area contributed by atoms with Gasteiger partial charge in [-0.15, -0.1) is 10.2 Å². The van der Waals surface area contributed by atoms with Gasteiger partial charge in [0.2, 0.25) is 5.13 Å². The van der Waals surface area contributed by atoms with Crippen molar-refractivity contribution in [3.63, 3.8) is 0 Å². The monoisotopic (exact) mass is 482 g/mol. The molecule has 178 valence electrons. The van der Waals surface area contributed by atoms with Gasteiger partial charge in [-0.1, -0.05) is 63.2 Å². The summed E-state index contributed by atoms with van der Waals surface area (Å²) in [7, 11) is -3.78. The Bertz CT molecular complexity index is 914. The molecule has 10 heteroatoms. The highest BCUT2D eigenvalue weighted by molar-refractivity contribution is 7.93. The number of nitrogens with zero attached hydrogens (tertiary/aromatic N) is 2. The smallest absolute Gasteiger partial charge is 0.312 e. The average Bonchev–Trinajstić information content (AvgIpc) is 3.19. The summed E-state index contributed by atoms with van der Waals surface area (Å²) >= 11 is 1.01. The molecule has 32 heavy (non-hydrogen) atoms. The summed E-state index contributed by atoms with van der Waals surface area (Å²) in [5, 5.41) is 11.5. The number of hydrogen-bond acceptors (Lipinski definition) is 8. The van der Waals surface area contributed by atoms with Gasteiger partial charge in [0.15, 0.2) is 0 Å². The van der Waals surface area contributed by atoms with E-state index in [9.17, 15) is 13.2 Å². The van der Waals surface area contributed by atoms with Crippen molar-refractivity contribution in [3.8, 4) is 0 Å². The summed E-state index contributed by atoms with van der Waals surface area (Å²) in [4.78, 5) is 11.6. The number of anilines is 2. The number of hydrogen-bond donors (Lipinski definition) is 2.